The zero-order valence-corrected chi connectivity index (χ0v) is 19.1. The van der Waals surface area contributed by atoms with Crippen molar-refractivity contribution in [1.82, 2.24) is 29.8 Å². The Balaban J connectivity index is 1.66. The normalized spacial score (nSPS) is 13.0. The van der Waals surface area contributed by atoms with Gasteiger partial charge in [-0.05, 0) is 37.2 Å². The van der Waals surface area contributed by atoms with Crippen molar-refractivity contribution >= 4 is 22.7 Å². The summed E-state index contributed by atoms with van der Waals surface area (Å²) in [6.45, 7) is 3.34. The maximum absolute atomic E-state index is 14.8. The molecule has 0 aliphatic heterocycles. The largest absolute Gasteiger partial charge is 0.437 e. The topological polar surface area (TPSA) is 114 Å². The number of aromatic nitrogens is 5. The third-order valence-electron chi connectivity index (χ3n) is 5.22. The minimum atomic E-state index is -3.27. The van der Waals surface area contributed by atoms with E-state index in [-0.39, 0.29) is 29.5 Å². The van der Waals surface area contributed by atoms with Crippen LogP contribution in [0.25, 0.3) is 11.2 Å². The number of imidazole rings is 1. The quantitative estimate of drug-likeness (QED) is 0.354. The predicted octanol–water partition coefficient (Wildman–Crippen LogP) is 4.47. The molecule has 0 amide bonds. The van der Waals surface area contributed by atoms with Crippen molar-refractivity contribution in [1.29, 1.82) is 5.26 Å². The van der Waals surface area contributed by atoms with Gasteiger partial charge in [-0.15, -0.1) is 0 Å². The lowest BCUT2D eigenvalue weighted by molar-refractivity contribution is -0.0624. The van der Waals surface area contributed by atoms with E-state index in [0.29, 0.717) is 28.2 Å². The number of alkyl halides is 3. The monoisotopic (exact) mass is 482 g/mol. The number of pyridine rings is 3. The highest BCUT2D eigenvalue weighted by Crippen LogP contribution is 2.33. The van der Waals surface area contributed by atoms with Crippen LogP contribution in [0.4, 0.5) is 24.7 Å². The van der Waals surface area contributed by atoms with Gasteiger partial charge in [0, 0.05) is 24.9 Å². The molecule has 4 aromatic heterocycles. The molecule has 0 spiro atoms. The highest BCUT2D eigenvalue weighted by molar-refractivity contribution is 5.88. The first-order chi connectivity index (χ1) is 16.7. The number of rotatable bonds is 8. The summed E-state index contributed by atoms with van der Waals surface area (Å²) in [4.78, 5) is 17.0. The van der Waals surface area contributed by atoms with Gasteiger partial charge >= 0.3 is 0 Å². The predicted molar refractivity (Wildman–Crippen MR) is 122 cm³/mol. The lowest BCUT2D eigenvalue weighted by Gasteiger charge is -2.25. The summed E-state index contributed by atoms with van der Waals surface area (Å²) in [7, 11) is 1.77. The fourth-order valence-electron chi connectivity index (χ4n) is 3.43. The number of ether oxygens (including phenoxy) is 1. The fraction of sp³-hybridized carbons (Fsp3) is 0.261. The molecule has 0 aliphatic rings. The lowest BCUT2D eigenvalue weighted by atomic mass is 10.1. The minimum Gasteiger partial charge on any atom is -0.437 e. The Bertz CT molecular complexity index is 1400. The molecular formula is C23H21F3N8O. The number of halogens is 3. The van der Waals surface area contributed by atoms with Crippen LogP contribution in [0.2, 0.25) is 0 Å². The summed E-state index contributed by atoms with van der Waals surface area (Å²) in [5, 5.41) is 14.2. The van der Waals surface area contributed by atoms with Gasteiger partial charge in [-0.1, -0.05) is 6.92 Å². The van der Waals surface area contributed by atoms with Crippen LogP contribution >= 0.6 is 0 Å². The SMILES string of the molecule is CCNC(F)(c1ccc(Nc2cc(Oc3cnc(C#N)cc3C)nc3c2ncn3C)nc1)C(F)F. The Morgan fingerprint density at radius 2 is 2.00 bits per heavy atom. The average molecular weight is 482 g/mol. The van der Waals surface area contributed by atoms with E-state index in [4.69, 9.17) is 10.00 Å². The number of hydrogen-bond donors (Lipinski definition) is 2. The molecule has 0 radical (unpaired) electrons. The third-order valence-corrected chi connectivity index (χ3v) is 5.22. The van der Waals surface area contributed by atoms with E-state index in [1.54, 1.807) is 37.0 Å². The van der Waals surface area contributed by atoms with Crippen molar-refractivity contribution in [3.05, 3.63) is 59.8 Å². The zero-order valence-electron chi connectivity index (χ0n) is 19.1. The Morgan fingerprint density at radius 3 is 2.63 bits per heavy atom. The van der Waals surface area contributed by atoms with Crippen molar-refractivity contribution in [2.45, 2.75) is 26.1 Å². The van der Waals surface area contributed by atoms with Gasteiger partial charge in [-0.25, -0.2) is 28.1 Å². The first kappa shape index (κ1) is 23.9. The Hall–Kier alpha value is -4.24. The van der Waals surface area contributed by atoms with Crippen LogP contribution in [0.5, 0.6) is 11.6 Å². The maximum atomic E-state index is 14.8. The van der Waals surface area contributed by atoms with Crippen LogP contribution < -0.4 is 15.4 Å². The molecule has 4 rings (SSSR count). The van der Waals surface area contributed by atoms with Crippen LogP contribution in [0.15, 0.2) is 43.0 Å². The highest BCUT2D eigenvalue weighted by atomic mass is 19.3. The Morgan fingerprint density at radius 1 is 1.20 bits per heavy atom. The van der Waals surface area contributed by atoms with Crippen molar-refractivity contribution in [2.75, 3.05) is 11.9 Å². The summed E-state index contributed by atoms with van der Waals surface area (Å²) in [6, 6.07) is 7.80. The van der Waals surface area contributed by atoms with Gasteiger partial charge in [-0.3, -0.25) is 5.32 Å². The van der Waals surface area contributed by atoms with Crippen molar-refractivity contribution < 1.29 is 17.9 Å². The molecule has 1 unspecified atom stereocenters. The van der Waals surface area contributed by atoms with E-state index >= 15 is 0 Å². The number of anilines is 2. The van der Waals surface area contributed by atoms with E-state index in [1.807, 2.05) is 6.07 Å². The Labute approximate surface area is 198 Å². The third kappa shape index (κ3) is 4.71. The van der Waals surface area contributed by atoms with Crippen LogP contribution in [0, 0.1) is 18.3 Å². The zero-order chi connectivity index (χ0) is 25.2. The molecule has 0 saturated heterocycles. The van der Waals surface area contributed by atoms with Crippen molar-refractivity contribution in [2.24, 2.45) is 7.05 Å². The molecule has 2 N–H and O–H groups in total. The standard InChI is InChI=1S/C23H21F3N8O/c1-4-31-23(26,22(24)25)14-5-6-18(29-10-14)32-16-8-19(33-21-20(16)30-12-34(21)3)35-17-11-28-15(9-27)7-13(17)2/h5-8,10-12,22,31H,4H2,1-3H3,(H,29,32,33). The molecule has 35 heavy (non-hydrogen) atoms. The second-order valence-corrected chi connectivity index (χ2v) is 7.68. The van der Waals surface area contributed by atoms with E-state index in [9.17, 15) is 13.2 Å². The van der Waals surface area contributed by atoms with Crippen molar-refractivity contribution in [3.8, 4) is 17.7 Å². The lowest BCUT2D eigenvalue weighted by Crippen LogP contribution is -2.44. The van der Waals surface area contributed by atoms with Gasteiger partial charge < -0.3 is 14.6 Å². The molecule has 12 heteroatoms. The second-order valence-electron chi connectivity index (χ2n) is 7.68. The molecule has 4 aromatic rings. The highest BCUT2D eigenvalue weighted by Gasteiger charge is 2.41. The van der Waals surface area contributed by atoms with E-state index in [0.717, 1.165) is 6.20 Å². The van der Waals surface area contributed by atoms with Crippen LogP contribution in [0.1, 0.15) is 23.7 Å². The van der Waals surface area contributed by atoms with E-state index in [2.05, 4.69) is 30.6 Å². The summed E-state index contributed by atoms with van der Waals surface area (Å²) < 4.78 is 49.1. The minimum absolute atomic E-state index is 0.0204. The van der Waals surface area contributed by atoms with Crippen LogP contribution in [-0.4, -0.2) is 37.5 Å². The average Bonchev–Trinajstić information content (AvgIpc) is 3.21. The van der Waals surface area contributed by atoms with Gasteiger partial charge in [0.1, 0.15) is 23.1 Å². The van der Waals surface area contributed by atoms with Gasteiger partial charge in [0.15, 0.2) is 11.4 Å². The smallest absolute Gasteiger partial charge is 0.289 e. The number of nitrogens with zero attached hydrogens (tertiary/aromatic N) is 6. The van der Waals surface area contributed by atoms with Gasteiger partial charge in [0.25, 0.3) is 6.43 Å². The number of hydrogen-bond acceptors (Lipinski definition) is 8. The number of fused-ring (bicyclic) bond motifs is 1. The summed E-state index contributed by atoms with van der Waals surface area (Å²) in [5.74, 6) is -2.08. The van der Waals surface area contributed by atoms with Gasteiger partial charge in [-0.2, -0.15) is 10.2 Å². The molecule has 0 bridgehead atoms. The Kier molecular flexibility index (Phi) is 6.52. The summed E-state index contributed by atoms with van der Waals surface area (Å²) in [6.07, 6.45) is 0.800. The summed E-state index contributed by atoms with van der Waals surface area (Å²) >= 11 is 0. The van der Waals surface area contributed by atoms with Crippen molar-refractivity contribution in [3.63, 3.8) is 0 Å². The molecule has 4 heterocycles. The molecule has 0 saturated carbocycles. The first-order valence-electron chi connectivity index (χ1n) is 10.6. The number of nitrogens with one attached hydrogen (secondary N) is 2. The molecule has 0 aliphatic carbocycles. The molecule has 0 fully saturated rings. The van der Waals surface area contributed by atoms with Crippen LogP contribution in [-0.2, 0) is 12.8 Å². The van der Waals surface area contributed by atoms with E-state index in [1.165, 1.54) is 25.3 Å². The number of aryl methyl sites for hydroxylation is 2. The van der Waals surface area contributed by atoms with Crippen LogP contribution in [0.3, 0.4) is 0 Å². The van der Waals surface area contributed by atoms with Gasteiger partial charge in [0.2, 0.25) is 11.7 Å². The molecule has 0 aromatic carbocycles. The molecule has 180 valence electrons. The van der Waals surface area contributed by atoms with Gasteiger partial charge in [0.05, 0.1) is 18.2 Å². The number of nitriles is 1. The summed E-state index contributed by atoms with van der Waals surface area (Å²) in [5.41, 5.74) is 2.18. The maximum Gasteiger partial charge on any atom is 0.289 e. The fourth-order valence-corrected chi connectivity index (χ4v) is 3.43. The molecule has 9 nitrogen and oxygen atoms in total. The first-order valence-corrected chi connectivity index (χ1v) is 10.6. The van der Waals surface area contributed by atoms with E-state index < -0.39 is 12.2 Å². The second kappa shape index (κ2) is 9.55. The molecule has 1 atom stereocenters. The molecular weight excluding hydrogens is 461 g/mol.